The van der Waals surface area contributed by atoms with Crippen molar-refractivity contribution in [1.82, 2.24) is 0 Å². The van der Waals surface area contributed by atoms with Gasteiger partial charge in [0.05, 0.1) is 6.04 Å². The van der Waals surface area contributed by atoms with Crippen molar-refractivity contribution in [2.24, 2.45) is 11.5 Å². The largest absolute Gasteiger partial charge is 0.464 e. The monoisotopic (exact) mass is 182 g/mol. The molecule has 13 heavy (non-hydrogen) atoms. The molecule has 1 heterocycles. The van der Waals surface area contributed by atoms with Gasteiger partial charge in [0, 0.05) is 12.8 Å². The summed E-state index contributed by atoms with van der Waals surface area (Å²) in [7, 11) is 0. The second-order valence-corrected chi connectivity index (χ2v) is 2.93. The molecule has 0 aromatic carbocycles. The average molecular weight is 182 g/mol. The molecule has 0 radical (unpaired) electrons. The van der Waals surface area contributed by atoms with E-state index in [9.17, 15) is 4.79 Å². The number of carbonyl (C=O) groups is 1. The third-order valence-corrected chi connectivity index (χ3v) is 1.82. The molecule has 1 rings (SSSR count). The molecule has 1 aromatic rings. The van der Waals surface area contributed by atoms with Crippen LogP contribution >= 0.6 is 0 Å². The van der Waals surface area contributed by atoms with Gasteiger partial charge in [-0.25, -0.2) is 0 Å². The van der Waals surface area contributed by atoms with Gasteiger partial charge in [0.1, 0.15) is 11.5 Å². The van der Waals surface area contributed by atoms with E-state index in [0.717, 1.165) is 12.2 Å². The molecule has 1 unspecified atom stereocenters. The van der Waals surface area contributed by atoms with Crippen molar-refractivity contribution in [3.63, 3.8) is 0 Å². The Balaban J connectivity index is 2.65. The summed E-state index contributed by atoms with van der Waals surface area (Å²) in [5.41, 5.74) is 10.7. The van der Waals surface area contributed by atoms with Crippen molar-refractivity contribution in [3.8, 4) is 0 Å². The van der Waals surface area contributed by atoms with Gasteiger partial charge in [-0.2, -0.15) is 0 Å². The van der Waals surface area contributed by atoms with Gasteiger partial charge in [-0.1, -0.05) is 6.92 Å². The summed E-state index contributed by atoms with van der Waals surface area (Å²) in [6.07, 6.45) is 0.944. The highest BCUT2D eigenvalue weighted by molar-refractivity contribution is 5.74. The van der Waals surface area contributed by atoms with Gasteiger partial charge in [-0.05, 0) is 12.1 Å². The molecule has 1 atom stereocenters. The van der Waals surface area contributed by atoms with Crippen molar-refractivity contribution < 1.29 is 9.21 Å². The second kappa shape index (κ2) is 4.09. The zero-order valence-corrected chi connectivity index (χ0v) is 7.62. The fourth-order valence-corrected chi connectivity index (χ4v) is 1.10. The highest BCUT2D eigenvalue weighted by atomic mass is 16.3. The van der Waals surface area contributed by atoms with E-state index in [-0.39, 0.29) is 6.42 Å². The Morgan fingerprint density at radius 2 is 2.31 bits per heavy atom. The minimum atomic E-state index is -0.419. The van der Waals surface area contributed by atoms with E-state index in [4.69, 9.17) is 15.9 Å². The van der Waals surface area contributed by atoms with Gasteiger partial charge in [-0.15, -0.1) is 0 Å². The van der Waals surface area contributed by atoms with Crippen LogP contribution in [0.4, 0.5) is 0 Å². The molecule has 0 spiro atoms. The standard InChI is InChI=1S/C9H14N2O2/c1-2-6-3-4-8(13-6)7(10)5-9(11)12/h3-4,7H,2,5,10H2,1H3,(H2,11,12). The van der Waals surface area contributed by atoms with Crippen molar-refractivity contribution in [3.05, 3.63) is 23.7 Å². The Bertz CT molecular complexity index is 294. The molecule has 0 saturated carbocycles. The predicted molar refractivity (Wildman–Crippen MR) is 48.8 cm³/mol. The number of hydrogen-bond donors (Lipinski definition) is 2. The average Bonchev–Trinajstić information content (AvgIpc) is 2.50. The topological polar surface area (TPSA) is 82.2 Å². The molecular formula is C9H14N2O2. The van der Waals surface area contributed by atoms with Gasteiger partial charge in [0.2, 0.25) is 5.91 Å². The lowest BCUT2D eigenvalue weighted by Gasteiger charge is -2.04. The van der Waals surface area contributed by atoms with E-state index in [0.29, 0.717) is 5.76 Å². The van der Waals surface area contributed by atoms with Crippen LogP contribution in [0.2, 0.25) is 0 Å². The smallest absolute Gasteiger partial charge is 0.219 e. The van der Waals surface area contributed by atoms with Gasteiger partial charge in [0.15, 0.2) is 0 Å². The Hall–Kier alpha value is -1.29. The molecule has 4 N–H and O–H groups in total. The molecule has 1 amide bonds. The number of amides is 1. The number of rotatable bonds is 4. The highest BCUT2D eigenvalue weighted by Gasteiger charge is 2.12. The third kappa shape index (κ3) is 2.59. The third-order valence-electron chi connectivity index (χ3n) is 1.82. The summed E-state index contributed by atoms with van der Waals surface area (Å²) in [5.74, 6) is 1.08. The lowest BCUT2D eigenvalue weighted by molar-refractivity contribution is -0.118. The number of hydrogen-bond acceptors (Lipinski definition) is 3. The molecule has 0 aliphatic carbocycles. The Labute approximate surface area is 76.9 Å². The first-order valence-corrected chi connectivity index (χ1v) is 4.26. The SMILES string of the molecule is CCc1ccc(C(N)CC(N)=O)o1. The van der Waals surface area contributed by atoms with Crippen molar-refractivity contribution in [2.45, 2.75) is 25.8 Å². The number of aryl methyl sites for hydroxylation is 1. The predicted octanol–water partition coefficient (Wildman–Crippen LogP) is 0.717. The first kappa shape index (κ1) is 9.80. The summed E-state index contributed by atoms with van der Waals surface area (Å²) >= 11 is 0. The maximum absolute atomic E-state index is 10.6. The van der Waals surface area contributed by atoms with Crippen LogP contribution in [0.1, 0.15) is 30.9 Å². The van der Waals surface area contributed by atoms with Crippen LogP contribution in [-0.2, 0) is 11.2 Å². The molecule has 4 nitrogen and oxygen atoms in total. The summed E-state index contributed by atoms with van der Waals surface area (Å²) < 4.78 is 5.36. The Morgan fingerprint density at radius 1 is 1.62 bits per heavy atom. The molecule has 1 aromatic heterocycles. The normalized spacial score (nSPS) is 12.8. The molecule has 0 aliphatic heterocycles. The van der Waals surface area contributed by atoms with Gasteiger partial charge in [0.25, 0.3) is 0 Å². The van der Waals surface area contributed by atoms with Crippen molar-refractivity contribution in [2.75, 3.05) is 0 Å². The summed E-state index contributed by atoms with van der Waals surface area (Å²) in [6, 6.07) is 3.22. The molecule has 0 bridgehead atoms. The van der Waals surface area contributed by atoms with E-state index in [1.165, 1.54) is 0 Å². The molecule has 0 fully saturated rings. The van der Waals surface area contributed by atoms with Crippen LogP contribution < -0.4 is 11.5 Å². The number of carbonyl (C=O) groups excluding carboxylic acids is 1. The van der Waals surface area contributed by atoms with E-state index >= 15 is 0 Å². The summed E-state index contributed by atoms with van der Waals surface area (Å²) in [6.45, 7) is 1.99. The van der Waals surface area contributed by atoms with Crippen LogP contribution in [0, 0.1) is 0 Å². The summed E-state index contributed by atoms with van der Waals surface area (Å²) in [4.78, 5) is 10.6. The summed E-state index contributed by atoms with van der Waals surface area (Å²) in [5, 5.41) is 0. The lowest BCUT2D eigenvalue weighted by atomic mass is 10.1. The first-order valence-electron chi connectivity index (χ1n) is 4.26. The van der Waals surface area contributed by atoms with Gasteiger partial charge < -0.3 is 15.9 Å². The molecular weight excluding hydrogens is 168 g/mol. The van der Waals surface area contributed by atoms with Crippen molar-refractivity contribution in [1.29, 1.82) is 0 Å². The second-order valence-electron chi connectivity index (χ2n) is 2.93. The van der Waals surface area contributed by atoms with Crippen LogP contribution in [0.3, 0.4) is 0 Å². The van der Waals surface area contributed by atoms with E-state index in [1.54, 1.807) is 6.07 Å². The number of nitrogens with two attached hydrogens (primary N) is 2. The van der Waals surface area contributed by atoms with E-state index < -0.39 is 11.9 Å². The number of furan rings is 1. The lowest BCUT2D eigenvalue weighted by Crippen LogP contribution is -2.20. The fraction of sp³-hybridized carbons (Fsp3) is 0.444. The minimum Gasteiger partial charge on any atom is -0.464 e. The maximum Gasteiger partial charge on any atom is 0.219 e. The van der Waals surface area contributed by atoms with E-state index in [1.807, 2.05) is 13.0 Å². The highest BCUT2D eigenvalue weighted by Crippen LogP contribution is 2.17. The Kier molecular flexibility index (Phi) is 3.08. The molecule has 0 saturated heterocycles. The van der Waals surface area contributed by atoms with Gasteiger partial charge in [-0.3, -0.25) is 4.79 Å². The van der Waals surface area contributed by atoms with Crippen molar-refractivity contribution >= 4 is 5.91 Å². The quantitative estimate of drug-likeness (QED) is 0.719. The minimum absolute atomic E-state index is 0.122. The number of primary amides is 1. The van der Waals surface area contributed by atoms with Crippen LogP contribution in [0.25, 0.3) is 0 Å². The molecule has 0 aliphatic rings. The zero-order chi connectivity index (χ0) is 9.84. The maximum atomic E-state index is 10.6. The fourth-order valence-electron chi connectivity index (χ4n) is 1.10. The molecule has 72 valence electrons. The van der Waals surface area contributed by atoms with Crippen LogP contribution in [0.15, 0.2) is 16.5 Å². The van der Waals surface area contributed by atoms with Crippen LogP contribution in [-0.4, -0.2) is 5.91 Å². The van der Waals surface area contributed by atoms with Gasteiger partial charge >= 0.3 is 0 Å². The molecule has 4 heteroatoms. The zero-order valence-electron chi connectivity index (χ0n) is 7.62. The Morgan fingerprint density at radius 3 is 2.77 bits per heavy atom. The van der Waals surface area contributed by atoms with E-state index in [2.05, 4.69) is 0 Å². The van der Waals surface area contributed by atoms with Crippen LogP contribution in [0.5, 0.6) is 0 Å². The first-order chi connectivity index (χ1) is 6.13.